The van der Waals surface area contributed by atoms with Gasteiger partial charge in [-0.3, -0.25) is 13.9 Å². The number of carboxylic acids is 1. The molecule has 2 N–H and O–H groups in total. The van der Waals surface area contributed by atoms with Crippen LogP contribution in [0, 0.1) is 0 Å². The maximum atomic E-state index is 13.2. The topological polar surface area (TPSA) is 114 Å². The average Bonchev–Trinajstić information content (AvgIpc) is 3.07. The number of rotatable bonds is 5. The first-order valence-electron chi connectivity index (χ1n) is 9.51. The van der Waals surface area contributed by atoms with Crippen LogP contribution in [0.3, 0.4) is 0 Å². The fourth-order valence-electron chi connectivity index (χ4n) is 3.52. The number of aliphatic hydroxyl groups excluding tert-OH is 1. The molecule has 166 valence electrons. The van der Waals surface area contributed by atoms with Gasteiger partial charge >= 0.3 is 11.7 Å². The van der Waals surface area contributed by atoms with Crippen molar-refractivity contribution < 1.29 is 19.7 Å². The number of carbonyl (C=O) groups is 1. The summed E-state index contributed by atoms with van der Waals surface area (Å²) in [6.45, 7) is 2.06. The van der Waals surface area contributed by atoms with E-state index in [1.54, 1.807) is 35.2 Å². The van der Waals surface area contributed by atoms with E-state index in [2.05, 4.69) is 0 Å². The molecule has 3 aromatic rings. The second-order valence-corrected chi connectivity index (χ2v) is 7.77. The molecule has 1 aliphatic rings. The van der Waals surface area contributed by atoms with Crippen molar-refractivity contribution in [1.29, 1.82) is 0 Å². The van der Waals surface area contributed by atoms with Crippen LogP contribution in [0.2, 0.25) is 10.0 Å². The van der Waals surface area contributed by atoms with Gasteiger partial charge in [0.25, 0.3) is 12.0 Å². The Labute approximate surface area is 191 Å². The highest BCUT2D eigenvalue weighted by Gasteiger charge is 2.28. The van der Waals surface area contributed by atoms with Gasteiger partial charge < -0.3 is 19.8 Å². The van der Waals surface area contributed by atoms with Gasteiger partial charge in [0.2, 0.25) is 0 Å². The second-order valence-electron chi connectivity index (χ2n) is 6.99. The summed E-state index contributed by atoms with van der Waals surface area (Å²) in [5, 5.41) is 20.0. The number of nitrogens with zero attached hydrogens (tertiary/aromatic N) is 3. The number of halogens is 2. The Morgan fingerprint density at radius 1 is 1.19 bits per heavy atom. The number of hydrogen-bond acceptors (Lipinski definition) is 6. The van der Waals surface area contributed by atoms with Crippen molar-refractivity contribution in [2.24, 2.45) is 0 Å². The Balaban J connectivity index is 1.88. The number of ether oxygens (including phenoxy) is 1. The van der Waals surface area contributed by atoms with E-state index in [1.807, 2.05) is 6.92 Å². The van der Waals surface area contributed by atoms with Crippen molar-refractivity contribution in [3.8, 4) is 11.4 Å². The zero-order valence-electron chi connectivity index (χ0n) is 16.7. The number of aromatic carboxylic acids is 1. The maximum Gasteiger partial charge on any atom is 0.342 e. The Kier molecular flexibility index (Phi) is 5.72. The summed E-state index contributed by atoms with van der Waals surface area (Å²) in [5.74, 6) is -1.17. The van der Waals surface area contributed by atoms with E-state index in [9.17, 15) is 24.6 Å². The highest BCUT2D eigenvalue weighted by molar-refractivity contribution is 6.42. The van der Waals surface area contributed by atoms with Gasteiger partial charge in [0.15, 0.2) is 5.75 Å². The van der Waals surface area contributed by atoms with Gasteiger partial charge in [0, 0.05) is 18.8 Å². The molecule has 0 saturated carbocycles. The molecule has 4 rings (SSSR count). The zero-order valence-corrected chi connectivity index (χ0v) is 18.2. The minimum Gasteiger partial charge on any atom is -0.477 e. The molecule has 0 fully saturated rings. The molecule has 0 aliphatic carbocycles. The third-order valence-corrected chi connectivity index (χ3v) is 5.99. The lowest BCUT2D eigenvalue weighted by Gasteiger charge is -2.18. The van der Waals surface area contributed by atoms with Gasteiger partial charge in [-0.15, -0.1) is 0 Å². The molecular formula is C21H17Cl2N3O6. The molecule has 0 bridgehead atoms. The first kappa shape index (κ1) is 21.9. The molecule has 0 spiro atoms. The van der Waals surface area contributed by atoms with Crippen LogP contribution in [-0.4, -0.2) is 38.3 Å². The van der Waals surface area contributed by atoms with Crippen molar-refractivity contribution in [2.75, 3.05) is 11.4 Å². The highest BCUT2D eigenvalue weighted by Crippen LogP contribution is 2.37. The maximum absolute atomic E-state index is 13.2. The molecule has 1 atom stereocenters. The van der Waals surface area contributed by atoms with Crippen molar-refractivity contribution in [2.45, 2.75) is 19.9 Å². The third kappa shape index (κ3) is 3.64. The fraction of sp³-hybridized carbons (Fsp3) is 0.190. The van der Waals surface area contributed by atoms with Crippen molar-refractivity contribution in [3.63, 3.8) is 0 Å². The second kappa shape index (κ2) is 8.34. The SMILES string of the molecule is CCN1c2ccc(-n3cc(C(=O)O)c(=O)n(Cc4cccc(Cl)c4Cl)c3=O)cc2OC1O. The van der Waals surface area contributed by atoms with Gasteiger partial charge in [0.05, 0.1) is 28.0 Å². The summed E-state index contributed by atoms with van der Waals surface area (Å²) in [7, 11) is 0. The Bertz CT molecular complexity index is 1350. The Morgan fingerprint density at radius 3 is 2.62 bits per heavy atom. The molecule has 1 aliphatic heterocycles. The lowest BCUT2D eigenvalue weighted by molar-refractivity contribution is -0.00189. The summed E-state index contributed by atoms with van der Waals surface area (Å²) in [4.78, 5) is 39.3. The quantitative estimate of drug-likeness (QED) is 0.580. The predicted octanol–water partition coefficient (Wildman–Crippen LogP) is 2.55. The third-order valence-electron chi connectivity index (χ3n) is 5.13. The Hall–Kier alpha value is -3.27. The van der Waals surface area contributed by atoms with Crippen LogP contribution in [-0.2, 0) is 6.54 Å². The standard InChI is InChI=1S/C21H17Cl2N3O6/c1-2-24-15-7-6-12(8-16(15)32-21(24)31)25-10-13(19(28)29)18(27)26(20(25)30)9-11-4-3-5-14(22)17(11)23/h3-8,10,21,31H,2,9H2,1H3,(H,28,29). The smallest absolute Gasteiger partial charge is 0.342 e. The predicted molar refractivity (Wildman–Crippen MR) is 118 cm³/mol. The summed E-state index contributed by atoms with van der Waals surface area (Å²) in [6, 6.07) is 9.44. The van der Waals surface area contributed by atoms with Crippen LogP contribution < -0.4 is 20.9 Å². The van der Waals surface area contributed by atoms with Crippen molar-refractivity contribution in [3.05, 3.63) is 84.6 Å². The van der Waals surface area contributed by atoms with Gasteiger partial charge in [-0.2, -0.15) is 0 Å². The first-order chi connectivity index (χ1) is 15.2. The largest absolute Gasteiger partial charge is 0.477 e. The molecule has 1 unspecified atom stereocenters. The molecule has 9 nitrogen and oxygen atoms in total. The summed E-state index contributed by atoms with van der Waals surface area (Å²) in [5.41, 5.74) is -1.09. The van der Waals surface area contributed by atoms with Crippen molar-refractivity contribution >= 4 is 34.9 Å². The van der Waals surface area contributed by atoms with Gasteiger partial charge in [-0.05, 0) is 30.7 Å². The zero-order chi connectivity index (χ0) is 23.2. The van der Waals surface area contributed by atoms with E-state index < -0.39 is 29.2 Å². The molecule has 2 aromatic carbocycles. The molecule has 0 radical (unpaired) electrons. The normalized spacial score (nSPS) is 14.9. The van der Waals surface area contributed by atoms with E-state index in [0.717, 1.165) is 15.3 Å². The number of anilines is 1. The van der Waals surface area contributed by atoms with E-state index >= 15 is 0 Å². The number of fused-ring (bicyclic) bond motifs is 1. The number of aromatic nitrogens is 2. The molecule has 2 heterocycles. The van der Waals surface area contributed by atoms with Gasteiger partial charge in [-0.25, -0.2) is 9.59 Å². The summed E-state index contributed by atoms with van der Waals surface area (Å²) in [6.07, 6.45) is -0.205. The Morgan fingerprint density at radius 2 is 1.94 bits per heavy atom. The summed E-state index contributed by atoms with van der Waals surface area (Å²) < 4.78 is 7.23. The number of carboxylic acid groups (broad SMARTS) is 1. The lowest BCUT2D eigenvalue weighted by Crippen LogP contribution is -2.42. The van der Waals surface area contributed by atoms with Gasteiger partial charge in [-0.1, -0.05) is 35.3 Å². The van der Waals surface area contributed by atoms with E-state index in [0.29, 0.717) is 23.5 Å². The molecular weight excluding hydrogens is 461 g/mol. The van der Waals surface area contributed by atoms with Crippen LogP contribution in [0.1, 0.15) is 22.8 Å². The van der Waals surface area contributed by atoms with Gasteiger partial charge in [0.1, 0.15) is 5.56 Å². The van der Waals surface area contributed by atoms with Crippen LogP contribution in [0.15, 0.2) is 52.2 Å². The molecule has 1 aromatic heterocycles. The minimum atomic E-state index is -1.49. The van der Waals surface area contributed by atoms with Crippen LogP contribution in [0.5, 0.6) is 5.75 Å². The monoisotopic (exact) mass is 477 g/mol. The van der Waals surface area contributed by atoms with E-state index in [-0.39, 0.29) is 22.3 Å². The first-order valence-corrected chi connectivity index (χ1v) is 10.3. The van der Waals surface area contributed by atoms with Crippen LogP contribution in [0.4, 0.5) is 5.69 Å². The molecule has 0 saturated heterocycles. The van der Waals surface area contributed by atoms with E-state index in [4.69, 9.17) is 27.9 Å². The number of hydrogen-bond donors (Lipinski definition) is 2. The fourth-order valence-corrected chi connectivity index (χ4v) is 3.90. The molecule has 32 heavy (non-hydrogen) atoms. The van der Waals surface area contributed by atoms with E-state index in [1.165, 1.54) is 6.07 Å². The average molecular weight is 478 g/mol. The molecule has 0 amide bonds. The number of aliphatic hydroxyl groups is 1. The lowest BCUT2D eigenvalue weighted by atomic mass is 10.2. The minimum absolute atomic E-state index is 0.160. The van der Waals surface area contributed by atoms with Crippen molar-refractivity contribution in [1.82, 2.24) is 9.13 Å². The van der Waals surface area contributed by atoms with Crippen LogP contribution >= 0.6 is 23.2 Å². The molecule has 11 heteroatoms. The highest BCUT2D eigenvalue weighted by atomic mass is 35.5. The summed E-state index contributed by atoms with van der Waals surface area (Å²) >= 11 is 12.2. The van der Waals surface area contributed by atoms with Crippen LogP contribution in [0.25, 0.3) is 5.69 Å². The number of benzene rings is 2.